The maximum absolute atomic E-state index is 11.5. The number of thiophene rings is 1. The van der Waals surface area contributed by atoms with Crippen LogP contribution >= 0.6 is 21.9 Å². The second-order valence-electron chi connectivity index (χ2n) is 4.95. The van der Waals surface area contributed by atoms with Crippen LogP contribution in [0.4, 0.5) is 0 Å². The van der Waals surface area contributed by atoms with Gasteiger partial charge in [0.15, 0.2) is 0 Å². The number of hydrogen-bond acceptors (Lipinski definition) is 5. The fourth-order valence-corrected chi connectivity index (χ4v) is 5.62. The second kappa shape index (κ2) is 5.04. The lowest BCUT2D eigenvalue weighted by molar-refractivity contribution is 0.0606. The number of hydrogen-bond donors (Lipinski definition) is 2. The van der Waals surface area contributed by atoms with Gasteiger partial charge in [0.05, 0.1) is 12.4 Å². The average Bonchev–Trinajstić information content (AvgIpc) is 2.99. The van der Waals surface area contributed by atoms with Crippen molar-refractivity contribution in [2.24, 2.45) is 0 Å². The van der Waals surface area contributed by atoms with Crippen LogP contribution in [-0.2, 0) is 4.74 Å². The van der Waals surface area contributed by atoms with E-state index in [-0.39, 0.29) is 11.2 Å². The Balaban J connectivity index is 2.00. The molecule has 1 aliphatic heterocycles. The minimum atomic E-state index is -2.51. The van der Waals surface area contributed by atoms with Gasteiger partial charge >= 0.3 is 5.97 Å². The summed E-state index contributed by atoms with van der Waals surface area (Å²) in [5.74, 6) is 0.158. The number of fused-ring (bicyclic) bond motifs is 1. The molecule has 1 unspecified atom stereocenters. The zero-order valence-electron chi connectivity index (χ0n) is 11.0. The second-order valence-corrected chi connectivity index (χ2v) is 8.45. The van der Waals surface area contributed by atoms with E-state index in [1.807, 2.05) is 18.2 Å². The Morgan fingerprint density at radius 2 is 2.20 bits per heavy atom. The van der Waals surface area contributed by atoms with Crippen molar-refractivity contribution in [3.63, 3.8) is 0 Å². The lowest BCUT2D eigenvalue weighted by Gasteiger charge is -2.34. The number of ether oxygens (including phenoxy) is 1. The maximum atomic E-state index is 11.5. The molecule has 2 N–H and O–H groups in total. The lowest BCUT2D eigenvalue weighted by atomic mass is 10.1. The third kappa shape index (κ3) is 2.33. The maximum Gasteiger partial charge on any atom is 0.348 e. The molecule has 20 heavy (non-hydrogen) atoms. The standard InChI is InChI=1S/C14H16O4S2/c1-18-14(15)12-8-10-7-9(4-5-11(10)19-12)13-3-2-6-20(13,16)17/h4-5,7-8,13,16-17H,2-3,6H2,1H3. The van der Waals surface area contributed by atoms with Crippen molar-refractivity contribution in [1.82, 2.24) is 0 Å². The highest BCUT2D eigenvalue weighted by Crippen LogP contribution is 2.61. The summed E-state index contributed by atoms with van der Waals surface area (Å²) in [6.07, 6.45) is 1.66. The van der Waals surface area contributed by atoms with Crippen LogP contribution in [0.5, 0.6) is 0 Å². The van der Waals surface area contributed by atoms with E-state index in [0.717, 1.165) is 28.5 Å². The van der Waals surface area contributed by atoms with E-state index in [0.29, 0.717) is 10.6 Å². The third-order valence-electron chi connectivity index (χ3n) is 3.67. The molecule has 0 amide bonds. The monoisotopic (exact) mass is 312 g/mol. The van der Waals surface area contributed by atoms with E-state index in [2.05, 4.69) is 0 Å². The fraction of sp³-hybridized carbons (Fsp3) is 0.357. The van der Waals surface area contributed by atoms with Gasteiger partial charge in [-0.1, -0.05) is 6.07 Å². The van der Waals surface area contributed by atoms with Crippen LogP contribution in [0, 0.1) is 0 Å². The van der Waals surface area contributed by atoms with Crippen LogP contribution in [0.1, 0.15) is 33.3 Å². The summed E-state index contributed by atoms with van der Waals surface area (Å²) >= 11 is 1.39. The van der Waals surface area contributed by atoms with Crippen LogP contribution < -0.4 is 0 Å². The van der Waals surface area contributed by atoms with E-state index in [1.165, 1.54) is 18.4 Å². The number of methoxy groups -OCH3 is 1. The molecular weight excluding hydrogens is 296 g/mol. The fourth-order valence-electron chi connectivity index (χ4n) is 2.66. The van der Waals surface area contributed by atoms with Gasteiger partial charge in [0, 0.05) is 10.5 Å². The lowest BCUT2D eigenvalue weighted by Crippen LogP contribution is -2.04. The Morgan fingerprint density at radius 3 is 2.85 bits per heavy atom. The highest BCUT2D eigenvalue weighted by atomic mass is 32.3. The molecule has 0 saturated carbocycles. The van der Waals surface area contributed by atoms with Gasteiger partial charge in [0.25, 0.3) is 0 Å². The average molecular weight is 312 g/mol. The highest BCUT2D eigenvalue weighted by Gasteiger charge is 2.32. The quantitative estimate of drug-likeness (QED) is 0.813. The molecule has 0 radical (unpaired) electrons. The first kappa shape index (κ1) is 13.9. The summed E-state index contributed by atoms with van der Waals surface area (Å²) < 4.78 is 25.9. The molecule has 3 rings (SSSR count). The summed E-state index contributed by atoms with van der Waals surface area (Å²) in [6, 6.07) is 7.64. The molecule has 4 nitrogen and oxygen atoms in total. The third-order valence-corrected chi connectivity index (χ3v) is 7.07. The highest BCUT2D eigenvalue weighted by molar-refractivity contribution is 8.24. The number of esters is 1. The molecule has 1 aromatic heterocycles. The molecule has 0 bridgehead atoms. The van der Waals surface area contributed by atoms with Crippen LogP contribution in [0.3, 0.4) is 0 Å². The van der Waals surface area contributed by atoms with E-state index in [1.54, 1.807) is 6.07 Å². The smallest absolute Gasteiger partial charge is 0.348 e. The summed E-state index contributed by atoms with van der Waals surface area (Å²) in [5, 5.41) is 0.781. The predicted octanol–water partition coefficient (Wildman–Crippen LogP) is 4.27. The number of benzene rings is 1. The Kier molecular flexibility index (Phi) is 3.50. The zero-order chi connectivity index (χ0) is 14.3. The van der Waals surface area contributed by atoms with Crippen LogP contribution in [0.25, 0.3) is 10.1 Å². The van der Waals surface area contributed by atoms with Gasteiger partial charge < -0.3 is 4.74 Å². The van der Waals surface area contributed by atoms with Crippen LogP contribution in [0.15, 0.2) is 24.3 Å². The molecule has 108 valence electrons. The summed E-state index contributed by atoms with van der Waals surface area (Å²) in [7, 11) is -1.14. The molecule has 1 saturated heterocycles. The molecule has 2 heterocycles. The molecular formula is C14H16O4S2. The van der Waals surface area contributed by atoms with Gasteiger partial charge in [-0.15, -0.1) is 11.3 Å². The van der Waals surface area contributed by atoms with Crippen LogP contribution in [-0.4, -0.2) is 27.9 Å². The van der Waals surface area contributed by atoms with Crippen molar-refractivity contribution < 1.29 is 18.6 Å². The predicted molar refractivity (Wildman–Crippen MR) is 82.9 cm³/mol. The molecule has 0 spiro atoms. The van der Waals surface area contributed by atoms with Gasteiger partial charge in [0.2, 0.25) is 0 Å². The topological polar surface area (TPSA) is 66.8 Å². The summed E-state index contributed by atoms with van der Waals surface area (Å²) in [4.78, 5) is 12.1. The van der Waals surface area contributed by atoms with E-state index in [9.17, 15) is 13.9 Å². The Morgan fingerprint density at radius 1 is 1.40 bits per heavy atom. The molecule has 1 atom stereocenters. The van der Waals surface area contributed by atoms with Gasteiger partial charge in [0.1, 0.15) is 4.88 Å². The largest absolute Gasteiger partial charge is 0.465 e. The Bertz CT molecular complexity index is 662. The minimum absolute atomic E-state index is 0.173. The van der Waals surface area contributed by atoms with Gasteiger partial charge in [-0.3, -0.25) is 9.11 Å². The molecule has 1 fully saturated rings. The zero-order valence-corrected chi connectivity index (χ0v) is 12.7. The molecule has 2 aromatic rings. The van der Waals surface area contributed by atoms with Crippen molar-refractivity contribution >= 4 is 38.0 Å². The number of carbonyl (C=O) groups is 1. The molecule has 0 aliphatic carbocycles. The first-order valence-electron chi connectivity index (χ1n) is 6.38. The molecule has 6 heteroatoms. The number of carbonyl (C=O) groups excluding carboxylic acids is 1. The number of rotatable bonds is 2. The van der Waals surface area contributed by atoms with Gasteiger partial charge in [-0.25, -0.2) is 4.79 Å². The molecule has 1 aromatic carbocycles. The first-order valence-corrected chi connectivity index (χ1v) is 8.97. The first-order chi connectivity index (χ1) is 9.51. The van der Waals surface area contributed by atoms with E-state index < -0.39 is 10.6 Å². The Labute approximate surface area is 122 Å². The van der Waals surface area contributed by atoms with Crippen molar-refractivity contribution in [2.45, 2.75) is 18.1 Å². The summed E-state index contributed by atoms with van der Waals surface area (Å²) in [5.41, 5.74) is 0.948. The van der Waals surface area contributed by atoms with Crippen LogP contribution in [0.2, 0.25) is 0 Å². The minimum Gasteiger partial charge on any atom is -0.465 e. The van der Waals surface area contributed by atoms with Crippen molar-refractivity contribution in [3.8, 4) is 0 Å². The van der Waals surface area contributed by atoms with Gasteiger partial charge in [-0.2, -0.15) is 10.6 Å². The van der Waals surface area contributed by atoms with Crippen molar-refractivity contribution in [2.75, 3.05) is 12.9 Å². The van der Waals surface area contributed by atoms with Crippen molar-refractivity contribution in [1.29, 1.82) is 0 Å². The van der Waals surface area contributed by atoms with E-state index >= 15 is 0 Å². The summed E-state index contributed by atoms with van der Waals surface area (Å²) in [6.45, 7) is 0. The molecule has 1 aliphatic rings. The van der Waals surface area contributed by atoms with Crippen molar-refractivity contribution in [3.05, 3.63) is 34.7 Å². The van der Waals surface area contributed by atoms with E-state index in [4.69, 9.17) is 4.74 Å². The van der Waals surface area contributed by atoms with Gasteiger partial charge in [-0.05, 0) is 42.0 Å². The normalized spacial score (nSPS) is 22.9. The SMILES string of the molecule is COC(=O)c1cc2cc(C3CCCS3(O)O)ccc2s1. The Hall–Kier alpha value is -1.08.